The first-order valence-corrected chi connectivity index (χ1v) is 5.74. The van der Waals surface area contributed by atoms with E-state index < -0.39 is 12.0 Å². The Morgan fingerprint density at radius 3 is 2.35 bits per heavy atom. The van der Waals surface area contributed by atoms with Gasteiger partial charge in [0, 0.05) is 12.1 Å². The van der Waals surface area contributed by atoms with Crippen molar-refractivity contribution in [1.82, 2.24) is 5.43 Å². The van der Waals surface area contributed by atoms with Crippen LogP contribution in [0, 0.1) is 5.92 Å². The third-order valence-electron chi connectivity index (χ3n) is 2.07. The fourth-order valence-corrected chi connectivity index (χ4v) is 1.41. The molecule has 0 atom stereocenters. The number of carbonyl (C=O) groups is 2. The average molecular weight is 243 g/mol. The number of unbranched alkanes of at least 4 members (excludes halogenated alkanes) is 1. The average Bonchev–Trinajstić information content (AvgIpc) is 2.19. The summed E-state index contributed by atoms with van der Waals surface area (Å²) in [6, 6.07) is -0.684. The zero-order chi connectivity index (χ0) is 13.3. The van der Waals surface area contributed by atoms with E-state index in [0.717, 1.165) is 18.6 Å². The summed E-state index contributed by atoms with van der Waals surface area (Å²) >= 11 is 0. The molecule has 0 spiro atoms. The minimum Gasteiger partial charge on any atom is -0.481 e. The number of hydrazone groups is 1. The molecule has 0 aliphatic rings. The highest BCUT2D eigenvalue weighted by atomic mass is 16.4. The van der Waals surface area contributed by atoms with E-state index in [9.17, 15) is 9.59 Å². The van der Waals surface area contributed by atoms with Gasteiger partial charge in [-0.2, -0.15) is 5.10 Å². The van der Waals surface area contributed by atoms with Crippen LogP contribution >= 0.6 is 0 Å². The Hall–Kier alpha value is -1.59. The SMILES string of the molecule is CC(C)CC(CCCCC(=O)O)=NNC(N)=O. The van der Waals surface area contributed by atoms with Gasteiger partial charge in [0.2, 0.25) is 0 Å². The van der Waals surface area contributed by atoms with Crippen molar-refractivity contribution in [3.8, 4) is 0 Å². The van der Waals surface area contributed by atoms with Crippen LogP contribution in [0.5, 0.6) is 0 Å². The Balaban J connectivity index is 4.05. The van der Waals surface area contributed by atoms with E-state index in [1.54, 1.807) is 0 Å². The zero-order valence-corrected chi connectivity index (χ0v) is 10.4. The molecular weight excluding hydrogens is 222 g/mol. The van der Waals surface area contributed by atoms with Crippen molar-refractivity contribution in [2.75, 3.05) is 0 Å². The van der Waals surface area contributed by atoms with Crippen molar-refractivity contribution >= 4 is 17.7 Å². The molecule has 0 fully saturated rings. The van der Waals surface area contributed by atoms with Gasteiger partial charge < -0.3 is 10.8 Å². The largest absolute Gasteiger partial charge is 0.481 e. The second-order valence-electron chi connectivity index (χ2n) is 4.35. The molecule has 0 aromatic carbocycles. The van der Waals surface area contributed by atoms with Gasteiger partial charge in [-0.3, -0.25) is 4.79 Å². The highest BCUT2D eigenvalue weighted by Crippen LogP contribution is 2.09. The number of rotatable bonds is 8. The molecule has 2 amide bonds. The lowest BCUT2D eigenvalue weighted by Gasteiger charge is -2.08. The molecular formula is C11H21N3O3. The van der Waals surface area contributed by atoms with Crippen molar-refractivity contribution in [3.63, 3.8) is 0 Å². The lowest BCUT2D eigenvalue weighted by Crippen LogP contribution is -2.26. The van der Waals surface area contributed by atoms with Crippen LogP contribution < -0.4 is 11.2 Å². The van der Waals surface area contributed by atoms with Gasteiger partial charge >= 0.3 is 12.0 Å². The maximum Gasteiger partial charge on any atom is 0.332 e. The summed E-state index contributed by atoms with van der Waals surface area (Å²) in [5, 5.41) is 12.4. The molecule has 0 aliphatic carbocycles. The first-order valence-electron chi connectivity index (χ1n) is 5.74. The van der Waals surface area contributed by atoms with Crippen molar-refractivity contribution in [2.45, 2.75) is 46.0 Å². The Morgan fingerprint density at radius 1 is 1.29 bits per heavy atom. The number of hydrogen-bond acceptors (Lipinski definition) is 3. The highest BCUT2D eigenvalue weighted by Gasteiger charge is 2.05. The summed E-state index contributed by atoms with van der Waals surface area (Å²) < 4.78 is 0. The maximum atomic E-state index is 10.5. The summed E-state index contributed by atoms with van der Waals surface area (Å²) in [5.74, 6) is -0.356. The number of amides is 2. The fourth-order valence-electron chi connectivity index (χ4n) is 1.41. The van der Waals surface area contributed by atoms with Gasteiger partial charge in [-0.05, 0) is 31.6 Å². The molecule has 0 unspecified atom stereocenters. The zero-order valence-electron chi connectivity index (χ0n) is 10.4. The normalized spacial score (nSPS) is 11.6. The van der Waals surface area contributed by atoms with Crippen LogP contribution in [0.2, 0.25) is 0 Å². The monoisotopic (exact) mass is 243 g/mol. The Labute approximate surface area is 101 Å². The van der Waals surface area contributed by atoms with E-state index in [1.807, 2.05) is 0 Å². The smallest absolute Gasteiger partial charge is 0.332 e. The van der Waals surface area contributed by atoms with Crippen LogP contribution in [0.15, 0.2) is 5.10 Å². The number of primary amides is 1. The number of carbonyl (C=O) groups excluding carboxylic acids is 1. The fraction of sp³-hybridized carbons (Fsp3) is 0.727. The molecule has 6 heteroatoms. The van der Waals surface area contributed by atoms with Crippen molar-refractivity contribution in [2.24, 2.45) is 16.8 Å². The molecule has 6 nitrogen and oxygen atoms in total. The summed E-state index contributed by atoms with van der Waals surface area (Å²) in [7, 11) is 0. The lowest BCUT2D eigenvalue weighted by molar-refractivity contribution is -0.137. The predicted molar refractivity (Wildman–Crippen MR) is 65.7 cm³/mol. The van der Waals surface area contributed by atoms with Crippen molar-refractivity contribution in [3.05, 3.63) is 0 Å². The number of carboxylic acids is 1. The minimum absolute atomic E-state index is 0.165. The van der Waals surface area contributed by atoms with Gasteiger partial charge in [0.15, 0.2) is 0 Å². The van der Waals surface area contributed by atoms with Gasteiger partial charge in [0.05, 0.1) is 0 Å². The number of nitrogens with zero attached hydrogens (tertiary/aromatic N) is 1. The van der Waals surface area contributed by atoms with E-state index >= 15 is 0 Å². The molecule has 0 aromatic heterocycles. The van der Waals surface area contributed by atoms with Crippen LogP contribution in [0.1, 0.15) is 46.0 Å². The summed E-state index contributed by atoms with van der Waals surface area (Å²) in [4.78, 5) is 20.9. The Kier molecular flexibility index (Phi) is 7.75. The molecule has 4 N–H and O–H groups in total. The number of nitrogens with two attached hydrogens (primary N) is 1. The van der Waals surface area contributed by atoms with Crippen LogP contribution in [0.25, 0.3) is 0 Å². The molecule has 0 saturated heterocycles. The summed E-state index contributed by atoms with van der Waals surface area (Å²) in [5.41, 5.74) is 7.99. The Morgan fingerprint density at radius 2 is 1.88 bits per heavy atom. The van der Waals surface area contributed by atoms with Gasteiger partial charge in [0.25, 0.3) is 0 Å². The van der Waals surface area contributed by atoms with Crippen molar-refractivity contribution in [1.29, 1.82) is 0 Å². The van der Waals surface area contributed by atoms with Gasteiger partial charge in [-0.15, -0.1) is 0 Å². The summed E-state index contributed by atoms with van der Waals surface area (Å²) in [6.45, 7) is 4.11. The first kappa shape index (κ1) is 15.4. The molecule has 0 aromatic rings. The second kappa shape index (κ2) is 8.55. The standard InChI is InChI=1S/C11H21N3O3/c1-8(2)7-9(13-14-11(12)17)5-3-4-6-10(15)16/h8H,3-7H2,1-2H3,(H,15,16)(H3,12,14,17). The van der Waals surface area contributed by atoms with Gasteiger partial charge in [0.1, 0.15) is 0 Å². The number of carboxylic acid groups (broad SMARTS) is 1. The molecule has 0 aliphatic heterocycles. The molecule has 0 radical (unpaired) electrons. The molecule has 0 bridgehead atoms. The van der Waals surface area contributed by atoms with E-state index in [0.29, 0.717) is 18.8 Å². The van der Waals surface area contributed by atoms with Crippen LogP contribution in [0.4, 0.5) is 4.79 Å². The molecule has 0 rings (SSSR count). The van der Waals surface area contributed by atoms with E-state index in [1.165, 1.54) is 0 Å². The van der Waals surface area contributed by atoms with Gasteiger partial charge in [-0.1, -0.05) is 13.8 Å². The lowest BCUT2D eigenvalue weighted by atomic mass is 10.0. The van der Waals surface area contributed by atoms with E-state index in [4.69, 9.17) is 10.8 Å². The van der Waals surface area contributed by atoms with Crippen molar-refractivity contribution < 1.29 is 14.7 Å². The first-order chi connectivity index (χ1) is 7.91. The number of aliphatic carboxylic acids is 1. The molecule has 17 heavy (non-hydrogen) atoms. The predicted octanol–water partition coefficient (Wildman–Crippen LogP) is 1.70. The third-order valence-corrected chi connectivity index (χ3v) is 2.07. The second-order valence-corrected chi connectivity index (χ2v) is 4.35. The maximum absolute atomic E-state index is 10.5. The van der Waals surface area contributed by atoms with Crippen LogP contribution in [0.3, 0.4) is 0 Å². The van der Waals surface area contributed by atoms with Crippen LogP contribution in [-0.2, 0) is 4.79 Å². The quantitative estimate of drug-likeness (QED) is 0.343. The molecule has 98 valence electrons. The topological polar surface area (TPSA) is 105 Å². The number of hydrogen-bond donors (Lipinski definition) is 3. The molecule has 0 saturated carbocycles. The highest BCUT2D eigenvalue weighted by molar-refractivity contribution is 5.86. The minimum atomic E-state index is -0.789. The van der Waals surface area contributed by atoms with Crippen LogP contribution in [-0.4, -0.2) is 22.8 Å². The third kappa shape index (κ3) is 10.7. The van der Waals surface area contributed by atoms with E-state index in [-0.39, 0.29) is 6.42 Å². The van der Waals surface area contributed by atoms with Gasteiger partial charge in [-0.25, -0.2) is 10.2 Å². The number of nitrogens with one attached hydrogen (secondary N) is 1. The molecule has 0 heterocycles. The summed E-state index contributed by atoms with van der Waals surface area (Å²) in [6.07, 6.45) is 2.98. The number of urea groups is 1. The van der Waals surface area contributed by atoms with E-state index in [2.05, 4.69) is 24.4 Å². The Bertz CT molecular complexity index is 288.